The number of halogens is 1. The molecular formula is C5H9ClOSi. The molecule has 0 aliphatic rings. The number of rotatable bonds is 2. The Morgan fingerprint density at radius 2 is 2.12 bits per heavy atom. The van der Waals surface area contributed by atoms with Crippen LogP contribution in [-0.2, 0) is 4.79 Å². The molecule has 0 atom stereocenters. The van der Waals surface area contributed by atoms with E-state index in [1.54, 1.807) is 13.1 Å². The fourth-order valence-corrected chi connectivity index (χ4v) is 0.960. The maximum atomic E-state index is 10.6. The van der Waals surface area contributed by atoms with Gasteiger partial charge in [0.1, 0.15) is 5.41 Å². The summed E-state index contributed by atoms with van der Waals surface area (Å²) in [5.74, 6) is 0. The van der Waals surface area contributed by atoms with Crippen LogP contribution in [-0.4, -0.2) is 12.8 Å². The van der Waals surface area contributed by atoms with Gasteiger partial charge in [-0.25, -0.2) is 0 Å². The summed E-state index contributed by atoms with van der Waals surface area (Å²) in [6.45, 7) is 6.88. The molecule has 0 saturated heterocycles. The van der Waals surface area contributed by atoms with Gasteiger partial charge < -0.3 is 0 Å². The molecule has 0 aliphatic carbocycles. The van der Waals surface area contributed by atoms with Crippen molar-refractivity contribution in [2.24, 2.45) is 0 Å². The number of carbonyl (C=O) groups is 1. The van der Waals surface area contributed by atoms with Crippen LogP contribution in [0, 0.1) is 0 Å². The lowest BCUT2D eigenvalue weighted by molar-refractivity contribution is -0.108. The molecule has 0 spiro atoms. The predicted molar refractivity (Wildman–Crippen MR) is 38.5 cm³/mol. The first-order valence-corrected chi connectivity index (χ1v) is 6.35. The molecule has 0 amide bonds. The van der Waals surface area contributed by atoms with Gasteiger partial charge >= 0.3 is 0 Å². The highest BCUT2D eigenvalue weighted by molar-refractivity contribution is 7.35. The fraction of sp³-hybridized carbons (Fsp3) is 0.400. The summed E-state index contributed by atoms with van der Waals surface area (Å²) in [6.07, 6.45) is 1.29. The molecule has 0 heterocycles. The van der Waals surface area contributed by atoms with Gasteiger partial charge in [0.2, 0.25) is 7.38 Å². The van der Waals surface area contributed by atoms with Crippen LogP contribution in [0.15, 0.2) is 12.7 Å². The average molecular weight is 149 g/mol. The summed E-state index contributed by atoms with van der Waals surface area (Å²) in [6, 6.07) is 0. The van der Waals surface area contributed by atoms with Crippen molar-refractivity contribution in [3.8, 4) is 0 Å². The van der Waals surface area contributed by atoms with E-state index >= 15 is 0 Å². The van der Waals surface area contributed by atoms with Crippen molar-refractivity contribution in [2.45, 2.75) is 13.1 Å². The van der Waals surface area contributed by atoms with Crippen molar-refractivity contribution < 1.29 is 4.79 Å². The summed E-state index contributed by atoms with van der Waals surface area (Å²) < 4.78 is 0. The molecular weight excluding hydrogens is 140 g/mol. The Morgan fingerprint density at radius 3 is 2.12 bits per heavy atom. The Kier molecular flexibility index (Phi) is 2.44. The summed E-state index contributed by atoms with van der Waals surface area (Å²) >= 11 is 5.70. The van der Waals surface area contributed by atoms with E-state index in [1.165, 1.54) is 6.08 Å². The highest BCUT2D eigenvalue weighted by Crippen LogP contribution is 2.08. The molecule has 0 N–H and O–H groups in total. The Labute approximate surface area is 55.1 Å². The van der Waals surface area contributed by atoms with Gasteiger partial charge in [-0.15, -0.1) is 0 Å². The third kappa shape index (κ3) is 2.28. The summed E-state index contributed by atoms with van der Waals surface area (Å²) in [4.78, 5) is 10.6. The molecule has 0 fully saturated rings. The van der Waals surface area contributed by atoms with E-state index < -0.39 is 7.38 Å². The lowest BCUT2D eigenvalue weighted by Gasteiger charge is -2.05. The van der Waals surface area contributed by atoms with E-state index in [1.807, 2.05) is 0 Å². The van der Waals surface area contributed by atoms with Crippen LogP contribution in [0.4, 0.5) is 0 Å². The van der Waals surface area contributed by atoms with E-state index in [9.17, 15) is 4.79 Å². The second kappa shape index (κ2) is 2.46. The molecule has 46 valence electrons. The summed E-state index contributed by atoms with van der Waals surface area (Å²) in [5, 5.41) is -0.000772. The van der Waals surface area contributed by atoms with Gasteiger partial charge in [-0.2, -0.15) is 11.1 Å². The molecule has 0 rings (SSSR count). The topological polar surface area (TPSA) is 17.1 Å². The molecule has 0 unspecified atom stereocenters. The normalized spacial score (nSPS) is 10.9. The molecule has 8 heavy (non-hydrogen) atoms. The molecule has 0 aliphatic heterocycles. The van der Waals surface area contributed by atoms with E-state index in [-0.39, 0.29) is 5.41 Å². The van der Waals surface area contributed by atoms with Crippen molar-refractivity contribution in [3.05, 3.63) is 12.7 Å². The molecule has 1 nitrogen and oxygen atoms in total. The van der Waals surface area contributed by atoms with Crippen molar-refractivity contribution in [1.82, 2.24) is 0 Å². The highest BCUT2D eigenvalue weighted by Gasteiger charge is 2.24. The lowest BCUT2D eigenvalue weighted by Crippen LogP contribution is -2.28. The number of hydrogen-bond acceptors (Lipinski definition) is 1. The van der Waals surface area contributed by atoms with Crippen LogP contribution in [0.5, 0.6) is 0 Å². The zero-order chi connectivity index (χ0) is 6.78. The van der Waals surface area contributed by atoms with Gasteiger partial charge in [-0.05, 0) is 19.2 Å². The van der Waals surface area contributed by atoms with Crippen LogP contribution in [0.1, 0.15) is 0 Å². The van der Waals surface area contributed by atoms with Crippen LogP contribution in [0.3, 0.4) is 0 Å². The van der Waals surface area contributed by atoms with Gasteiger partial charge in [-0.1, -0.05) is 6.58 Å². The van der Waals surface area contributed by atoms with E-state index in [2.05, 4.69) is 6.58 Å². The minimum atomic E-state index is -2.05. The molecule has 0 aromatic carbocycles. The van der Waals surface area contributed by atoms with Crippen molar-refractivity contribution in [1.29, 1.82) is 0 Å². The number of allylic oxidation sites excluding steroid dienone is 1. The average Bonchev–Trinajstić information content (AvgIpc) is 1.62. The first-order chi connectivity index (χ1) is 3.48. The van der Waals surface area contributed by atoms with Gasteiger partial charge in [0.05, 0.1) is 0 Å². The first kappa shape index (κ1) is 7.92. The monoisotopic (exact) mass is 148 g/mol. The Hall–Kier alpha value is -0.0831. The fourth-order valence-electron chi connectivity index (χ4n) is 0.243. The van der Waals surface area contributed by atoms with Gasteiger partial charge in [0, 0.05) is 0 Å². The van der Waals surface area contributed by atoms with Gasteiger partial charge in [0.25, 0.3) is 0 Å². The molecule has 3 heteroatoms. The molecule has 0 radical (unpaired) electrons. The molecule has 0 aromatic rings. The van der Waals surface area contributed by atoms with Crippen molar-refractivity contribution in [2.75, 3.05) is 0 Å². The summed E-state index contributed by atoms with van der Waals surface area (Å²) in [5.41, 5.74) is 0. The van der Waals surface area contributed by atoms with Gasteiger partial charge in [0.15, 0.2) is 0 Å². The first-order valence-electron chi connectivity index (χ1n) is 2.34. The van der Waals surface area contributed by atoms with Crippen molar-refractivity contribution >= 4 is 23.9 Å². The molecule has 0 bridgehead atoms. The standard InChI is InChI=1S/C5H9ClOSi/c1-4-5(7)8(2,3)6/h4H,1H2,2-3H3. The third-order valence-electron chi connectivity index (χ3n) is 0.771. The Morgan fingerprint density at radius 1 is 1.75 bits per heavy atom. The minimum Gasteiger partial charge on any atom is -0.299 e. The highest BCUT2D eigenvalue weighted by atomic mass is 35.6. The van der Waals surface area contributed by atoms with Gasteiger partial charge in [-0.3, -0.25) is 4.79 Å². The van der Waals surface area contributed by atoms with E-state index in [0.717, 1.165) is 0 Å². The Bertz CT molecular complexity index is 114. The second-order valence-electron chi connectivity index (χ2n) is 2.04. The van der Waals surface area contributed by atoms with Crippen LogP contribution in [0.2, 0.25) is 13.1 Å². The zero-order valence-corrected chi connectivity index (χ0v) is 6.83. The van der Waals surface area contributed by atoms with Crippen LogP contribution < -0.4 is 0 Å². The Balaban J connectivity index is 4.02. The smallest absolute Gasteiger partial charge is 0.229 e. The van der Waals surface area contributed by atoms with E-state index in [4.69, 9.17) is 11.1 Å². The van der Waals surface area contributed by atoms with Crippen LogP contribution >= 0.6 is 11.1 Å². The second-order valence-corrected chi connectivity index (χ2v) is 8.31. The molecule has 0 aromatic heterocycles. The SMILES string of the molecule is C=CC(=O)[Si](C)(C)Cl. The van der Waals surface area contributed by atoms with Crippen LogP contribution in [0.25, 0.3) is 0 Å². The third-order valence-corrected chi connectivity index (χ3v) is 2.71. The quantitative estimate of drug-likeness (QED) is 0.331. The molecule has 0 saturated carbocycles. The predicted octanol–water partition coefficient (Wildman–Crippen LogP) is 1.72. The maximum Gasteiger partial charge on any atom is 0.229 e. The van der Waals surface area contributed by atoms with E-state index in [0.29, 0.717) is 0 Å². The minimum absolute atomic E-state index is 0.000772. The maximum absolute atomic E-state index is 10.6. The summed E-state index contributed by atoms with van der Waals surface area (Å²) in [7, 11) is -2.05. The number of carbonyl (C=O) groups excluding carboxylic acids is 1. The lowest BCUT2D eigenvalue weighted by atomic mass is 10.7. The number of hydrogen-bond donors (Lipinski definition) is 0. The van der Waals surface area contributed by atoms with Crippen molar-refractivity contribution in [3.63, 3.8) is 0 Å². The zero-order valence-electron chi connectivity index (χ0n) is 5.07. The largest absolute Gasteiger partial charge is 0.299 e.